The van der Waals surface area contributed by atoms with E-state index < -0.39 is 36.7 Å². The quantitative estimate of drug-likeness (QED) is 0.443. The maximum atomic E-state index is 12.5. The van der Waals surface area contributed by atoms with E-state index in [1.54, 1.807) is 24.3 Å². The van der Waals surface area contributed by atoms with Crippen molar-refractivity contribution in [2.24, 2.45) is 0 Å². The number of aliphatic carboxylic acids is 1. The van der Waals surface area contributed by atoms with Gasteiger partial charge >= 0.3 is 5.97 Å². The number of carboxylic acids is 1. The van der Waals surface area contributed by atoms with Gasteiger partial charge in [0, 0.05) is 17.7 Å². The van der Waals surface area contributed by atoms with Crippen molar-refractivity contribution in [3.8, 4) is 22.8 Å². The molecule has 1 fully saturated rings. The minimum Gasteiger partial charge on any atom is -0.497 e. The summed E-state index contributed by atoms with van der Waals surface area (Å²) in [5.41, 5.74) is 0.534. The molecule has 1 aliphatic rings. The van der Waals surface area contributed by atoms with Crippen LogP contribution >= 0.6 is 0 Å². The number of carboxylic acid groups (broad SMARTS) is 1. The second-order valence-electron chi connectivity index (χ2n) is 7.21. The van der Waals surface area contributed by atoms with Gasteiger partial charge in [-0.1, -0.05) is 0 Å². The second kappa shape index (κ2) is 8.60. The van der Waals surface area contributed by atoms with Gasteiger partial charge in [-0.3, -0.25) is 4.79 Å². The summed E-state index contributed by atoms with van der Waals surface area (Å²) in [5, 5.41) is 39.3. The Balaban J connectivity index is 1.65. The molecule has 0 radical (unpaired) electrons. The lowest BCUT2D eigenvalue weighted by Crippen LogP contribution is -2.61. The Morgan fingerprint density at radius 3 is 2.28 bits per heavy atom. The number of rotatable bonds is 5. The van der Waals surface area contributed by atoms with Crippen LogP contribution < -0.4 is 14.9 Å². The van der Waals surface area contributed by atoms with E-state index in [0.29, 0.717) is 17.1 Å². The minimum absolute atomic E-state index is 0.0873. The molecule has 0 bridgehead atoms. The zero-order valence-corrected chi connectivity index (χ0v) is 16.7. The first kappa shape index (κ1) is 21.8. The van der Waals surface area contributed by atoms with Crippen LogP contribution in [-0.4, -0.2) is 64.2 Å². The Hall–Kier alpha value is -3.44. The van der Waals surface area contributed by atoms with Crippen molar-refractivity contribution in [3.63, 3.8) is 0 Å². The molecule has 1 aliphatic heterocycles. The minimum atomic E-state index is -1.83. The van der Waals surface area contributed by atoms with Crippen LogP contribution in [0.15, 0.2) is 57.7 Å². The fraction of sp³-hybridized carbons (Fsp3) is 0.273. The van der Waals surface area contributed by atoms with Crippen LogP contribution in [0.2, 0.25) is 0 Å². The van der Waals surface area contributed by atoms with Crippen molar-refractivity contribution in [1.29, 1.82) is 0 Å². The molecular formula is C22H20O10. The average molecular weight is 444 g/mol. The molecule has 10 heteroatoms. The normalized spacial score (nSPS) is 25.4. The highest BCUT2D eigenvalue weighted by molar-refractivity contribution is 5.80. The van der Waals surface area contributed by atoms with Crippen LogP contribution in [0.4, 0.5) is 0 Å². The maximum absolute atomic E-state index is 12.5. The monoisotopic (exact) mass is 444 g/mol. The summed E-state index contributed by atoms with van der Waals surface area (Å²) in [6.07, 6.45) is -8.71. The Morgan fingerprint density at radius 1 is 0.938 bits per heavy atom. The third-order valence-corrected chi connectivity index (χ3v) is 5.14. The number of fused-ring (bicyclic) bond motifs is 1. The smallest absolute Gasteiger partial charge is 0.335 e. The number of methoxy groups -OCH3 is 1. The molecule has 1 saturated heterocycles. The van der Waals surface area contributed by atoms with E-state index in [9.17, 15) is 24.9 Å². The molecule has 4 rings (SSSR count). The van der Waals surface area contributed by atoms with Crippen molar-refractivity contribution >= 4 is 16.9 Å². The second-order valence-corrected chi connectivity index (χ2v) is 7.21. The van der Waals surface area contributed by atoms with E-state index >= 15 is 0 Å². The van der Waals surface area contributed by atoms with Crippen LogP contribution in [-0.2, 0) is 9.53 Å². The third-order valence-electron chi connectivity index (χ3n) is 5.14. The van der Waals surface area contributed by atoms with E-state index in [4.69, 9.17) is 23.7 Å². The van der Waals surface area contributed by atoms with Gasteiger partial charge in [0.1, 0.15) is 41.2 Å². The number of hydrogen-bond acceptors (Lipinski definition) is 9. The summed E-state index contributed by atoms with van der Waals surface area (Å²) in [6, 6.07) is 12.5. The highest BCUT2D eigenvalue weighted by Crippen LogP contribution is 2.29. The SMILES string of the molecule is COc1ccc(-c2cc(=O)c3ccc(O[C@@H]4O[C@H](C(=O)O)[C@@H](O)[C@H](O)[C@H]4O)cc3o2)cc1. The molecule has 4 N–H and O–H groups in total. The first-order valence-corrected chi connectivity index (χ1v) is 9.60. The third kappa shape index (κ3) is 4.04. The van der Waals surface area contributed by atoms with Gasteiger partial charge in [0.2, 0.25) is 6.29 Å². The van der Waals surface area contributed by atoms with E-state index in [2.05, 4.69) is 0 Å². The maximum Gasteiger partial charge on any atom is 0.335 e. The Bertz CT molecular complexity index is 1190. The standard InChI is InChI=1S/C22H20O10/c1-29-11-4-2-10(3-5-11)15-9-14(23)13-7-6-12(8-16(13)31-15)30-22-19(26)17(24)18(25)20(32-22)21(27)28/h2-9,17-20,22,24-26H,1H3,(H,27,28)/t17-,18-,19+,20-,22+/m0/s1. The van der Waals surface area contributed by atoms with Gasteiger partial charge in [-0.05, 0) is 36.4 Å². The molecule has 32 heavy (non-hydrogen) atoms. The molecule has 5 atom stereocenters. The van der Waals surface area contributed by atoms with Crippen molar-refractivity contribution in [3.05, 3.63) is 58.8 Å². The lowest BCUT2D eigenvalue weighted by molar-refractivity contribution is -0.271. The summed E-state index contributed by atoms with van der Waals surface area (Å²) >= 11 is 0. The molecule has 0 saturated carbocycles. The number of ether oxygens (including phenoxy) is 3. The van der Waals surface area contributed by atoms with Crippen LogP contribution in [0, 0.1) is 0 Å². The summed E-state index contributed by atoms with van der Waals surface area (Å²) in [6.45, 7) is 0. The first-order chi connectivity index (χ1) is 15.3. The number of aliphatic hydroxyl groups excluding tert-OH is 3. The van der Waals surface area contributed by atoms with Gasteiger partial charge < -0.3 is 39.1 Å². The Labute approximate surface area is 180 Å². The van der Waals surface area contributed by atoms with Crippen LogP contribution in [0.3, 0.4) is 0 Å². The number of hydrogen-bond donors (Lipinski definition) is 4. The van der Waals surface area contributed by atoms with Crippen molar-refractivity contribution in [2.75, 3.05) is 7.11 Å². The predicted molar refractivity (Wildman–Crippen MR) is 109 cm³/mol. The summed E-state index contributed by atoms with van der Waals surface area (Å²) in [5.74, 6) is -0.485. The molecular weight excluding hydrogens is 424 g/mol. The zero-order chi connectivity index (χ0) is 23.0. The molecule has 1 aromatic heterocycles. The fourth-order valence-corrected chi connectivity index (χ4v) is 3.39. The predicted octanol–water partition coefficient (Wildman–Crippen LogP) is 0.740. The van der Waals surface area contributed by atoms with Gasteiger partial charge in [-0.2, -0.15) is 0 Å². The molecule has 168 valence electrons. The van der Waals surface area contributed by atoms with Gasteiger partial charge in [0.15, 0.2) is 11.5 Å². The van der Waals surface area contributed by atoms with E-state index in [1.807, 2.05) is 0 Å². The molecule has 2 aromatic carbocycles. The van der Waals surface area contributed by atoms with E-state index in [1.165, 1.54) is 31.4 Å². The molecule has 10 nitrogen and oxygen atoms in total. The van der Waals surface area contributed by atoms with Gasteiger partial charge in [0.25, 0.3) is 0 Å². The molecule has 2 heterocycles. The number of benzene rings is 2. The topological polar surface area (TPSA) is 156 Å². The van der Waals surface area contributed by atoms with E-state index in [-0.39, 0.29) is 22.1 Å². The zero-order valence-electron chi connectivity index (χ0n) is 16.7. The molecule has 3 aromatic rings. The number of carbonyl (C=O) groups is 1. The molecule has 0 spiro atoms. The van der Waals surface area contributed by atoms with Crippen molar-refractivity contribution < 1.29 is 43.8 Å². The Morgan fingerprint density at radius 2 is 1.62 bits per heavy atom. The highest BCUT2D eigenvalue weighted by atomic mass is 16.7. The van der Waals surface area contributed by atoms with Crippen LogP contribution in [0.25, 0.3) is 22.3 Å². The fourth-order valence-electron chi connectivity index (χ4n) is 3.39. The van der Waals surface area contributed by atoms with Gasteiger partial charge in [0.05, 0.1) is 12.5 Å². The first-order valence-electron chi connectivity index (χ1n) is 9.60. The summed E-state index contributed by atoms with van der Waals surface area (Å²) in [7, 11) is 1.54. The lowest BCUT2D eigenvalue weighted by atomic mass is 9.99. The van der Waals surface area contributed by atoms with Gasteiger partial charge in [-0.15, -0.1) is 0 Å². The Kier molecular flexibility index (Phi) is 5.85. The van der Waals surface area contributed by atoms with E-state index in [0.717, 1.165) is 0 Å². The van der Waals surface area contributed by atoms with Crippen molar-refractivity contribution in [1.82, 2.24) is 0 Å². The van der Waals surface area contributed by atoms with Gasteiger partial charge in [-0.25, -0.2) is 4.79 Å². The average Bonchev–Trinajstić information content (AvgIpc) is 2.79. The molecule has 0 unspecified atom stereocenters. The highest BCUT2D eigenvalue weighted by Gasteiger charge is 2.48. The molecule has 0 amide bonds. The summed E-state index contributed by atoms with van der Waals surface area (Å²) < 4.78 is 21.6. The van der Waals surface area contributed by atoms with Crippen molar-refractivity contribution in [2.45, 2.75) is 30.7 Å². The lowest BCUT2D eigenvalue weighted by Gasteiger charge is -2.38. The molecule has 0 aliphatic carbocycles. The van der Waals surface area contributed by atoms with Crippen LogP contribution in [0.1, 0.15) is 0 Å². The largest absolute Gasteiger partial charge is 0.497 e. The number of aliphatic hydroxyl groups is 3. The van der Waals surface area contributed by atoms with Crippen LogP contribution in [0.5, 0.6) is 11.5 Å². The summed E-state index contributed by atoms with van der Waals surface area (Å²) in [4.78, 5) is 23.8.